The van der Waals surface area contributed by atoms with E-state index >= 15 is 0 Å². The number of carbonyl (C=O) groups excluding carboxylic acids is 1. The molecule has 1 heterocycles. The van der Waals surface area contributed by atoms with Crippen molar-refractivity contribution in [2.24, 2.45) is 0 Å². The van der Waals surface area contributed by atoms with Crippen molar-refractivity contribution >= 4 is 40.4 Å². The largest absolute Gasteiger partial charge is 0.489 e. The average Bonchev–Trinajstić information content (AvgIpc) is 3.16. The highest BCUT2D eigenvalue weighted by molar-refractivity contribution is 7.13. The molecule has 0 saturated carbocycles. The summed E-state index contributed by atoms with van der Waals surface area (Å²) in [5.74, 6) is 0.540. The van der Waals surface area contributed by atoms with Gasteiger partial charge in [-0.1, -0.05) is 41.4 Å². The Hall–Kier alpha value is -2.08. The SMILES string of the molecule is CCN(C)C(=O)c1csc(-c2ccc(OCc3ccccc3Cl)cc2Cl)n1. The maximum absolute atomic E-state index is 12.2. The van der Waals surface area contributed by atoms with Crippen molar-refractivity contribution < 1.29 is 9.53 Å². The summed E-state index contributed by atoms with van der Waals surface area (Å²) in [6, 6.07) is 13.0. The topological polar surface area (TPSA) is 42.4 Å². The molecular formula is C20H18Cl2N2O2S. The lowest BCUT2D eigenvalue weighted by Crippen LogP contribution is -2.26. The van der Waals surface area contributed by atoms with Crippen LogP contribution in [0.2, 0.25) is 10.0 Å². The Labute approximate surface area is 172 Å². The maximum Gasteiger partial charge on any atom is 0.273 e. The van der Waals surface area contributed by atoms with E-state index < -0.39 is 0 Å². The smallest absolute Gasteiger partial charge is 0.273 e. The van der Waals surface area contributed by atoms with Gasteiger partial charge in [0.2, 0.25) is 0 Å². The molecule has 7 heteroatoms. The number of ether oxygens (including phenoxy) is 1. The lowest BCUT2D eigenvalue weighted by molar-refractivity contribution is 0.0797. The lowest BCUT2D eigenvalue weighted by Gasteiger charge is -2.12. The molecule has 4 nitrogen and oxygen atoms in total. The van der Waals surface area contributed by atoms with E-state index in [1.165, 1.54) is 11.3 Å². The molecule has 0 bridgehead atoms. The van der Waals surface area contributed by atoms with Gasteiger partial charge in [0.15, 0.2) is 0 Å². The van der Waals surface area contributed by atoms with Crippen LogP contribution in [0.25, 0.3) is 10.6 Å². The van der Waals surface area contributed by atoms with Gasteiger partial charge in [-0.15, -0.1) is 11.3 Å². The van der Waals surface area contributed by atoms with Crippen LogP contribution >= 0.6 is 34.5 Å². The lowest BCUT2D eigenvalue weighted by atomic mass is 10.2. The third kappa shape index (κ3) is 4.61. The number of aromatic nitrogens is 1. The normalized spacial score (nSPS) is 10.7. The van der Waals surface area contributed by atoms with Crippen molar-refractivity contribution in [1.29, 1.82) is 0 Å². The number of carbonyl (C=O) groups is 1. The van der Waals surface area contributed by atoms with Crippen LogP contribution in [-0.4, -0.2) is 29.4 Å². The predicted molar refractivity (Wildman–Crippen MR) is 111 cm³/mol. The number of hydrogen-bond donors (Lipinski definition) is 0. The number of benzene rings is 2. The number of hydrogen-bond acceptors (Lipinski definition) is 4. The van der Waals surface area contributed by atoms with E-state index in [2.05, 4.69) is 4.98 Å². The summed E-state index contributed by atoms with van der Waals surface area (Å²) in [6.45, 7) is 2.90. The molecule has 1 amide bonds. The van der Waals surface area contributed by atoms with Gasteiger partial charge in [0, 0.05) is 35.1 Å². The fourth-order valence-electron chi connectivity index (χ4n) is 2.37. The van der Waals surface area contributed by atoms with E-state index in [0.717, 1.165) is 11.1 Å². The van der Waals surface area contributed by atoms with Crippen molar-refractivity contribution in [1.82, 2.24) is 9.88 Å². The highest BCUT2D eigenvalue weighted by atomic mass is 35.5. The number of thiazole rings is 1. The summed E-state index contributed by atoms with van der Waals surface area (Å²) in [5, 5.41) is 3.63. The van der Waals surface area contributed by atoms with Gasteiger partial charge < -0.3 is 9.64 Å². The molecule has 3 aromatic rings. The second kappa shape index (κ2) is 8.74. The number of amides is 1. The van der Waals surface area contributed by atoms with E-state index in [0.29, 0.717) is 39.6 Å². The van der Waals surface area contributed by atoms with Crippen LogP contribution in [0.15, 0.2) is 47.8 Å². The Bertz CT molecular complexity index is 959. The van der Waals surface area contributed by atoms with Crippen LogP contribution < -0.4 is 4.74 Å². The number of halogens is 2. The standard InChI is InChI=1S/C20H18Cl2N2O2S/c1-3-24(2)20(25)18-12-27-19(23-18)15-9-8-14(10-17(15)22)26-11-13-6-4-5-7-16(13)21/h4-10,12H,3,11H2,1-2H3. The zero-order valence-corrected chi connectivity index (χ0v) is 17.2. The molecule has 0 unspecified atom stereocenters. The van der Waals surface area contributed by atoms with Gasteiger partial charge in [0.25, 0.3) is 5.91 Å². The zero-order chi connectivity index (χ0) is 19.4. The second-order valence-corrected chi connectivity index (χ2v) is 7.55. The van der Waals surface area contributed by atoms with Crippen molar-refractivity contribution in [2.75, 3.05) is 13.6 Å². The highest BCUT2D eigenvalue weighted by Crippen LogP contribution is 2.33. The Kier molecular flexibility index (Phi) is 6.37. The van der Waals surface area contributed by atoms with Crippen LogP contribution in [0.1, 0.15) is 23.0 Å². The monoisotopic (exact) mass is 420 g/mol. The van der Waals surface area contributed by atoms with Crippen LogP contribution in [0.3, 0.4) is 0 Å². The minimum Gasteiger partial charge on any atom is -0.489 e. The van der Waals surface area contributed by atoms with E-state index in [4.69, 9.17) is 27.9 Å². The van der Waals surface area contributed by atoms with Gasteiger partial charge in [0.1, 0.15) is 23.1 Å². The minimum absolute atomic E-state index is 0.101. The first-order chi connectivity index (χ1) is 13.0. The summed E-state index contributed by atoms with van der Waals surface area (Å²) in [6.07, 6.45) is 0. The fourth-order valence-corrected chi connectivity index (χ4v) is 3.71. The molecule has 0 fully saturated rings. The third-order valence-electron chi connectivity index (χ3n) is 4.07. The molecule has 0 atom stereocenters. The van der Waals surface area contributed by atoms with Gasteiger partial charge in [0.05, 0.1) is 5.02 Å². The second-order valence-electron chi connectivity index (χ2n) is 5.88. The quantitative estimate of drug-likeness (QED) is 0.506. The molecule has 3 rings (SSSR count). The first kappa shape index (κ1) is 19.7. The molecule has 0 spiro atoms. The minimum atomic E-state index is -0.101. The average molecular weight is 421 g/mol. The number of nitrogens with zero attached hydrogens (tertiary/aromatic N) is 2. The summed E-state index contributed by atoms with van der Waals surface area (Å²) in [4.78, 5) is 18.3. The first-order valence-electron chi connectivity index (χ1n) is 8.36. The summed E-state index contributed by atoms with van der Waals surface area (Å²) >= 11 is 14.0. The van der Waals surface area contributed by atoms with Crippen molar-refractivity contribution in [3.05, 3.63) is 69.1 Å². The van der Waals surface area contributed by atoms with E-state index in [9.17, 15) is 4.79 Å². The van der Waals surface area contributed by atoms with Crippen LogP contribution in [0.4, 0.5) is 0 Å². The van der Waals surface area contributed by atoms with Crippen molar-refractivity contribution in [3.8, 4) is 16.3 Å². The summed E-state index contributed by atoms with van der Waals surface area (Å²) < 4.78 is 5.79. The Morgan fingerprint density at radius 2 is 1.96 bits per heavy atom. The Morgan fingerprint density at radius 3 is 2.67 bits per heavy atom. The molecule has 0 aliphatic heterocycles. The molecule has 140 valence electrons. The van der Waals surface area contributed by atoms with Crippen LogP contribution in [0.5, 0.6) is 5.75 Å². The molecule has 2 aromatic carbocycles. The molecule has 0 saturated heterocycles. The molecule has 27 heavy (non-hydrogen) atoms. The van der Waals surface area contributed by atoms with Gasteiger partial charge in [-0.25, -0.2) is 4.98 Å². The number of rotatable bonds is 6. The van der Waals surface area contributed by atoms with Gasteiger partial charge in [-0.3, -0.25) is 4.79 Å². The molecule has 0 radical (unpaired) electrons. The summed E-state index contributed by atoms with van der Waals surface area (Å²) in [7, 11) is 1.75. The van der Waals surface area contributed by atoms with Gasteiger partial charge in [-0.2, -0.15) is 0 Å². The summed E-state index contributed by atoms with van der Waals surface area (Å²) in [5.41, 5.74) is 2.10. The third-order valence-corrected chi connectivity index (χ3v) is 5.62. The molecule has 0 aliphatic carbocycles. The molecular weight excluding hydrogens is 403 g/mol. The highest BCUT2D eigenvalue weighted by Gasteiger charge is 2.16. The molecule has 0 N–H and O–H groups in total. The molecule has 1 aromatic heterocycles. The van der Waals surface area contributed by atoms with Gasteiger partial charge in [-0.05, 0) is 31.2 Å². The van der Waals surface area contributed by atoms with Crippen LogP contribution in [-0.2, 0) is 6.61 Å². The van der Waals surface area contributed by atoms with Crippen molar-refractivity contribution in [2.45, 2.75) is 13.5 Å². The van der Waals surface area contributed by atoms with Crippen LogP contribution in [0, 0.1) is 0 Å². The van der Waals surface area contributed by atoms with Gasteiger partial charge >= 0.3 is 0 Å². The van der Waals surface area contributed by atoms with E-state index in [1.54, 1.807) is 23.4 Å². The maximum atomic E-state index is 12.2. The Morgan fingerprint density at radius 1 is 1.19 bits per heavy atom. The first-order valence-corrected chi connectivity index (χ1v) is 10.00. The van der Waals surface area contributed by atoms with E-state index in [-0.39, 0.29) is 5.91 Å². The zero-order valence-electron chi connectivity index (χ0n) is 14.9. The van der Waals surface area contributed by atoms with E-state index in [1.807, 2.05) is 43.3 Å². The van der Waals surface area contributed by atoms with Crippen molar-refractivity contribution in [3.63, 3.8) is 0 Å². The molecule has 0 aliphatic rings. The Balaban J connectivity index is 1.74. The fraction of sp³-hybridized carbons (Fsp3) is 0.200. The predicted octanol–water partition coefficient (Wildman–Crippen LogP) is 5.79.